The summed E-state index contributed by atoms with van der Waals surface area (Å²) >= 11 is 0. The second-order valence-corrected chi connectivity index (χ2v) is 18.2. The first-order valence-corrected chi connectivity index (χ1v) is 21.2. The number of hydrogen-bond acceptors (Lipinski definition) is 12. The molecular weight excluding hydrogens is 780 g/mol. The van der Waals surface area contributed by atoms with Crippen LogP contribution in [0.4, 0.5) is 15.9 Å². The quantitative estimate of drug-likeness (QED) is 0.259. The van der Waals surface area contributed by atoms with Crippen LogP contribution < -0.4 is 25.2 Å². The molecule has 0 bridgehead atoms. The Hall–Kier alpha value is -6.21. The van der Waals surface area contributed by atoms with Gasteiger partial charge in [0.25, 0.3) is 11.8 Å². The molecule has 61 heavy (non-hydrogen) atoms. The first-order valence-electron chi connectivity index (χ1n) is 21.2. The van der Waals surface area contributed by atoms with Gasteiger partial charge in [-0.1, -0.05) is 13.8 Å². The number of nitrogens with one attached hydrogen (secondary N) is 2. The van der Waals surface area contributed by atoms with Crippen molar-refractivity contribution in [3.63, 3.8) is 0 Å². The third-order valence-electron chi connectivity index (χ3n) is 14.3. The molecule has 2 N–H and O–H groups in total. The number of anilines is 2. The molecule has 2 aromatic heterocycles. The third-order valence-corrected chi connectivity index (χ3v) is 14.3. The number of benzene rings is 2. The van der Waals surface area contributed by atoms with Crippen LogP contribution in [0.25, 0.3) is 10.9 Å². The van der Waals surface area contributed by atoms with Crippen molar-refractivity contribution in [2.24, 2.45) is 11.3 Å². The largest absolute Gasteiger partial charge is 0.488 e. The van der Waals surface area contributed by atoms with Crippen LogP contribution in [-0.4, -0.2) is 113 Å². The van der Waals surface area contributed by atoms with Crippen molar-refractivity contribution in [2.75, 3.05) is 55.6 Å². The molecule has 1 aliphatic carbocycles. The number of ether oxygens (including phenoxy) is 1. The Bertz CT molecular complexity index is 2550. The third kappa shape index (κ3) is 6.26. The van der Waals surface area contributed by atoms with Gasteiger partial charge in [-0.15, -0.1) is 10.2 Å². The Morgan fingerprint density at radius 2 is 1.77 bits per heavy atom. The van der Waals surface area contributed by atoms with Crippen molar-refractivity contribution in [3.05, 3.63) is 82.4 Å². The Morgan fingerprint density at radius 1 is 0.984 bits per heavy atom. The minimum absolute atomic E-state index is 0.169. The number of carbonyl (C=O) groups excluding carboxylic acids is 4. The number of fused-ring (bicyclic) bond motifs is 3. The summed E-state index contributed by atoms with van der Waals surface area (Å²) in [5.74, 6) is -0.00869. The van der Waals surface area contributed by atoms with E-state index < -0.39 is 28.6 Å². The molecule has 15 nitrogen and oxygen atoms in total. The van der Waals surface area contributed by atoms with E-state index in [0.29, 0.717) is 47.1 Å². The molecule has 6 aliphatic rings. The molecule has 314 valence electrons. The zero-order chi connectivity index (χ0) is 42.4. The summed E-state index contributed by atoms with van der Waals surface area (Å²) in [6.45, 7) is 12.0. The van der Waals surface area contributed by atoms with Crippen molar-refractivity contribution < 1.29 is 28.3 Å². The molecule has 2 aromatic carbocycles. The normalized spacial score (nSPS) is 25.9. The van der Waals surface area contributed by atoms with E-state index >= 15 is 4.39 Å². The molecule has 0 radical (unpaired) electrons. The van der Waals surface area contributed by atoms with Crippen molar-refractivity contribution in [1.82, 2.24) is 35.6 Å². The number of carbonyl (C=O) groups is 4. The van der Waals surface area contributed by atoms with Gasteiger partial charge in [-0.25, -0.2) is 4.39 Å². The van der Waals surface area contributed by atoms with Crippen LogP contribution in [-0.2, 0) is 21.5 Å². The summed E-state index contributed by atoms with van der Waals surface area (Å²) < 4.78 is 22.0. The van der Waals surface area contributed by atoms with Gasteiger partial charge < -0.3 is 24.8 Å². The molecule has 4 atom stereocenters. The molecule has 16 heteroatoms. The minimum Gasteiger partial charge on any atom is -0.488 e. The van der Waals surface area contributed by atoms with Crippen LogP contribution in [0.1, 0.15) is 84.0 Å². The van der Waals surface area contributed by atoms with E-state index in [9.17, 15) is 24.4 Å². The fourth-order valence-electron chi connectivity index (χ4n) is 11.2. The number of nitrogens with zero attached hydrogens (tertiary/aromatic N) is 8. The molecule has 5 aliphatic heterocycles. The number of amides is 4. The highest BCUT2D eigenvalue weighted by molar-refractivity contribution is 6.05. The summed E-state index contributed by atoms with van der Waals surface area (Å²) in [5, 5.41) is 25.0. The second-order valence-electron chi connectivity index (χ2n) is 18.2. The lowest BCUT2D eigenvalue weighted by molar-refractivity contribution is -0.136. The Labute approximate surface area is 352 Å². The number of piperidine rings is 2. The summed E-state index contributed by atoms with van der Waals surface area (Å²) in [6, 6.07) is 13.4. The van der Waals surface area contributed by atoms with E-state index in [1.54, 1.807) is 24.4 Å². The number of piperazine rings is 1. The summed E-state index contributed by atoms with van der Waals surface area (Å²) in [6.07, 6.45) is 3.93. The van der Waals surface area contributed by atoms with E-state index in [0.717, 1.165) is 62.3 Å². The highest BCUT2D eigenvalue weighted by atomic mass is 19.1. The van der Waals surface area contributed by atoms with Gasteiger partial charge in [-0.05, 0) is 85.7 Å². The van der Waals surface area contributed by atoms with Crippen LogP contribution in [0.3, 0.4) is 0 Å². The van der Waals surface area contributed by atoms with Gasteiger partial charge >= 0.3 is 0 Å². The van der Waals surface area contributed by atoms with Crippen molar-refractivity contribution >= 4 is 46.0 Å². The van der Waals surface area contributed by atoms with Crippen LogP contribution in [0.5, 0.6) is 5.75 Å². The number of hydrogen-bond donors (Lipinski definition) is 2. The van der Waals surface area contributed by atoms with Gasteiger partial charge in [0.05, 0.1) is 28.2 Å². The van der Waals surface area contributed by atoms with E-state index in [2.05, 4.69) is 62.5 Å². The predicted molar refractivity (Wildman–Crippen MR) is 221 cm³/mol. The highest BCUT2D eigenvalue weighted by Gasteiger charge is 2.69. The average Bonchev–Trinajstić information content (AvgIpc) is 3.58. The molecular formula is C45H47FN10O5. The fraction of sp³-hybridized carbons (Fsp3) is 0.467. The maximum atomic E-state index is 15.5. The van der Waals surface area contributed by atoms with E-state index in [4.69, 9.17) is 4.74 Å². The molecule has 1 unspecified atom stereocenters. The van der Waals surface area contributed by atoms with Gasteiger partial charge in [0.15, 0.2) is 11.5 Å². The number of rotatable bonds is 7. The van der Waals surface area contributed by atoms with Gasteiger partial charge in [0.2, 0.25) is 11.8 Å². The fourth-order valence-corrected chi connectivity index (χ4v) is 11.2. The molecule has 4 amide bonds. The van der Waals surface area contributed by atoms with Crippen LogP contribution in [0.15, 0.2) is 48.7 Å². The zero-order valence-electron chi connectivity index (χ0n) is 34.4. The summed E-state index contributed by atoms with van der Waals surface area (Å²) in [7, 11) is 0. The summed E-state index contributed by atoms with van der Waals surface area (Å²) in [5.41, 5.74) is 2.83. The van der Waals surface area contributed by atoms with Crippen molar-refractivity contribution in [2.45, 2.75) is 76.6 Å². The van der Waals surface area contributed by atoms with Gasteiger partial charge in [0, 0.05) is 81.3 Å². The molecule has 0 spiro atoms. The van der Waals surface area contributed by atoms with Crippen molar-refractivity contribution in [1.29, 1.82) is 5.26 Å². The molecule has 3 saturated heterocycles. The molecule has 10 rings (SSSR count). The monoisotopic (exact) mass is 826 g/mol. The smallest absolute Gasteiger partial charge is 0.272 e. The highest BCUT2D eigenvalue weighted by Crippen LogP contribution is 2.61. The Balaban J connectivity index is 0.720. The number of aromatic nitrogens is 3. The molecule has 4 fully saturated rings. The van der Waals surface area contributed by atoms with E-state index in [-0.39, 0.29) is 60.5 Å². The second kappa shape index (κ2) is 14.5. The maximum absolute atomic E-state index is 15.5. The van der Waals surface area contributed by atoms with Gasteiger partial charge in [-0.2, -0.15) is 5.26 Å². The lowest BCUT2D eigenvalue weighted by Crippen LogP contribution is -2.78. The standard InChI is InChI=1S/C45H47FN10O5/c1-44(2)42(45(3)29-10-13-48-38-26(22-47)4-7-34(37(29)38)61-43(44)45)50-39(58)31-5-8-35(52-51-31)55-14-11-25(12-15-55)23-53-16-18-54(19-17-53)33-20-27-24-56(41(60)28(27)21-30(33)46)32-6-9-36(57)49-40(32)59/h4-5,7-8,10,13,20-21,25,32,42-43H,6,9,11-12,14-19,23-24H2,1-3H3,(H,50,58)(H,49,57,59)/t32-,42-,43-,45?/m0/s1. The molecule has 7 heterocycles. The van der Waals surface area contributed by atoms with E-state index in [1.165, 1.54) is 11.0 Å². The molecule has 4 aromatic rings. The lowest BCUT2D eigenvalue weighted by atomic mass is 9.45. The topological polar surface area (TPSA) is 177 Å². The lowest BCUT2D eigenvalue weighted by Gasteiger charge is -2.66. The first kappa shape index (κ1) is 39.0. The van der Waals surface area contributed by atoms with Crippen LogP contribution >= 0.6 is 0 Å². The first-order chi connectivity index (χ1) is 29.3. The average molecular weight is 827 g/mol. The van der Waals surface area contributed by atoms with Gasteiger partial charge in [0.1, 0.15) is 29.8 Å². The number of imide groups is 1. The number of nitriles is 1. The SMILES string of the molecule is CC1(C)[C@H](NC(=O)c2ccc(N3CCC(CN4CCN(c5cc6c(cc5F)C(=O)N([C@H]5CCC(=O)NC5=O)C6)CC4)CC3)nn2)C2(C)c3ccnc4c(C#N)ccc(c34)O[C@@H]12. The predicted octanol–water partition coefficient (Wildman–Crippen LogP) is 3.69. The maximum Gasteiger partial charge on any atom is 0.272 e. The molecule has 1 saturated carbocycles. The minimum atomic E-state index is -0.737. The zero-order valence-corrected chi connectivity index (χ0v) is 34.4. The van der Waals surface area contributed by atoms with Crippen LogP contribution in [0, 0.1) is 28.5 Å². The van der Waals surface area contributed by atoms with Crippen LogP contribution in [0.2, 0.25) is 0 Å². The number of pyridine rings is 1. The van der Waals surface area contributed by atoms with Gasteiger partial charge in [-0.3, -0.25) is 34.4 Å². The Morgan fingerprint density at radius 3 is 2.49 bits per heavy atom. The Kier molecular flexibility index (Phi) is 9.24. The number of halogens is 1. The summed E-state index contributed by atoms with van der Waals surface area (Å²) in [4.78, 5) is 63.6. The van der Waals surface area contributed by atoms with E-state index in [1.807, 2.05) is 23.1 Å². The van der Waals surface area contributed by atoms with Crippen molar-refractivity contribution in [3.8, 4) is 11.8 Å².